The zero-order valence-electron chi connectivity index (χ0n) is 16.9. The average molecular weight is 400 g/mol. The summed E-state index contributed by atoms with van der Waals surface area (Å²) >= 11 is 0. The molecule has 0 spiro atoms. The van der Waals surface area contributed by atoms with Crippen LogP contribution in [-0.2, 0) is 4.79 Å². The van der Waals surface area contributed by atoms with E-state index in [9.17, 15) is 9.18 Å². The Bertz CT molecular complexity index is 746. The van der Waals surface area contributed by atoms with E-state index in [0.29, 0.717) is 5.75 Å². The van der Waals surface area contributed by atoms with E-state index in [1.54, 1.807) is 6.21 Å². The van der Waals surface area contributed by atoms with Gasteiger partial charge in [0.15, 0.2) is 6.61 Å². The Kier molecular flexibility index (Phi) is 10.3. The number of benzene rings is 2. The SMILES string of the molecule is CCCCCCCCOc1ccc(/C=N/NC(=O)COc2ccc(F)cc2)cc1. The van der Waals surface area contributed by atoms with Crippen LogP contribution in [0.2, 0.25) is 0 Å². The summed E-state index contributed by atoms with van der Waals surface area (Å²) in [5.74, 6) is 0.490. The monoisotopic (exact) mass is 400 g/mol. The van der Waals surface area contributed by atoms with Gasteiger partial charge in [-0.25, -0.2) is 9.82 Å². The van der Waals surface area contributed by atoms with Crippen LogP contribution in [0.1, 0.15) is 51.0 Å². The molecule has 0 atom stereocenters. The van der Waals surface area contributed by atoms with Gasteiger partial charge in [-0.05, 0) is 60.5 Å². The normalized spacial score (nSPS) is 10.8. The smallest absolute Gasteiger partial charge is 0.277 e. The molecule has 0 aliphatic carbocycles. The van der Waals surface area contributed by atoms with Gasteiger partial charge >= 0.3 is 0 Å². The van der Waals surface area contributed by atoms with Crippen LogP contribution in [-0.4, -0.2) is 25.3 Å². The molecule has 0 aromatic heterocycles. The standard InChI is InChI=1S/C23H29FN2O3/c1-2-3-4-5-6-7-16-28-21-12-8-19(9-13-21)17-25-26-23(27)18-29-22-14-10-20(24)11-15-22/h8-15,17H,2-7,16,18H2,1H3,(H,26,27)/b25-17+. The molecule has 2 rings (SSSR count). The summed E-state index contributed by atoms with van der Waals surface area (Å²) in [5.41, 5.74) is 3.23. The number of carbonyl (C=O) groups is 1. The second-order valence-corrected chi connectivity index (χ2v) is 6.72. The first-order valence-corrected chi connectivity index (χ1v) is 10.1. The lowest BCUT2D eigenvalue weighted by Gasteiger charge is -2.06. The Morgan fingerprint density at radius 2 is 1.55 bits per heavy atom. The zero-order chi connectivity index (χ0) is 20.7. The molecule has 0 heterocycles. The summed E-state index contributed by atoms with van der Waals surface area (Å²) < 4.78 is 23.8. The fourth-order valence-corrected chi connectivity index (χ4v) is 2.61. The molecule has 5 nitrogen and oxygen atoms in total. The van der Waals surface area contributed by atoms with Crippen molar-refractivity contribution >= 4 is 12.1 Å². The minimum atomic E-state index is -0.399. The number of hydrazone groups is 1. The van der Waals surface area contributed by atoms with E-state index in [1.807, 2.05) is 24.3 Å². The van der Waals surface area contributed by atoms with E-state index in [4.69, 9.17) is 9.47 Å². The molecule has 0 aliphatic rings. The summed E-state index contributed by atoms with van der Waals surface area (Å²) in [4.78, 5) is 11.7. The molecule has 29 heavy (non-hydrogen) atoms. The highest BCUT2D eigenvalue weighted by molar-refractivity contribution is 5.83. The van der Waals surface area contributed by atoms with Gasteiger partial charge in [-0.2, -0.15) is 5.10 Å². The largest absolute Gasteiger partial charge is 0.494 e. The molecule has 0 saturated carbocycles. The van der Waals surface area contributed by atoms with Gasteiger partial charge in [0.2, 0.25) is 0 Å². The third-order valence-electron chi connectivity index (χ3n) is 4.23. The molecule has 0 aliphatic heterocycles. The molecule has 156 valence electrons. The van der Waals surface area contributed by atoms with Crippen molar-refractivity contribution in [1.82, 2.24) is 5.43 Å². The van der Waals surface area contributed by atoms with Crippen LogP contribution in [0.5, 0.6) is 11.5 Å². The second kappa shape index (κ2) is 13.3. The van der Waals surface area contributed by atoms with Crippen molar-refractivity contribution in [1.29, 1.82) is 0 Å². The average Bonchev–Trinajstić information content (AvgIpc) is 2.74. The first kappa shape index (κ1) is 22.4. The van der Waals surface area contributed by atoms with E-state index < -0.39 is 5.91 Å². The molecule has 0 saturated heterocycles. The number of halogens is 1. The zero-order valence-corrected chi connectivity index (χ0v) is 16.9. The van der Waals surface area contributed by atoms with Gasteiger partial charge in [0, 0.05) is 0 Å². The minimum Gasteiger partial charge on any atom is -0.494 e. The third kappa shape index (κ3) is 9.74. The first-order chi connectivity index (χ1) is 14.2. The van der Waals surface area contributed by atoms with Crippen molar-refractivity contribution in [3.8, 4) is 11.5 Å². The Hall–Kier alpha value is -2.89. The van der Waals surface area contributed by atoms with Crippen LogP contribution in [0.4, 0.5) is 4.39 Å². The van der Waals surface area contributed by atoms with Crippen LogP contribution in [0.25, 0.3) is 0 Å². The number of rotatable bonds is 13. The summed E-state index contributed by atoms with van der Waals surface area (Å²) in [6.45, 7) is 2.74. The van der Waals surface area contributed by atoms with E-state index in [-0.39, 0.29) is 12.4 Å². The highest BCUT2D eigenvalue weighted by atomic mass is 19.1. The number of hydrogen-bond acceptors (Lipinski definition) is 4. The highest BCUT2D eigenvalue weighted by Crippen LogP contribution is 2.13. The second-order valence-electron chi connectivity index (χ2n) is 6.72. The summed E-state index contributed by atoms with van der Waals surface area (Å²) in [7, 11) is 0. The third-order valence-corrected chi connectivity index (χ3v) is 4.23. The van der Waals surface area contributed by atoms with Crippen LogP contribution >= 0.6 is 0 Å². The predicted octanol–water partition coefficient (Wildman–Crippen LogP) is 5.09. The van der Waals surface area contributed by atoms with Crippen molar-refractivity contribution in [3.63, 3.8) is 0 Å². The molecular formula is C23H29FN2O3. The van der Waals surface area contributed by atoms with Crippen LogP contribution < -0.4 is 14.9 Å². The minimum absolute atomic E-state index is 0.200. The Labute approximate surface area is 171 Å². The maximum Gasteiger partial charge on any atom is 0.277 e. The molecular weight excluding hydrogens is 371 g/mol. The quantitative estimate of drug-likeness (QED) is 0.289. The number of nitrogens with zero attached hydrogens (tertiary/aromatic N) is 1. The van der Waals surface area contributed by atoms with E-state index in [2.05, 4.69) is 17.5 Å². The number of amides is 1. The number of ether oxygens (including phenoxy) is 2. The summed E-state index contributed by atoms with van der Waals surface area (Å²) in [6.07, 6.45) is 8.97. The van der Waals surface area contributed by atoms with Gasteiger partial charge < -0.3 is 9.47 Å². The van der Waals surface area contributed by atoms with Crippen molar-refractivity contribution in [2.75, 3.05) is 13.2 Å². The lowest BCUT2D eigenvalue weighted by atomic mass is 10.1. The maximum atomic E-state index is 12.8. The Balaban J connectivity index is 1.62. The fraction of sp³-hybridized carbons (Fsp3) is 0.391. The molecule has 2 aromatic carbocycles. The lowest BCUT2D eigenvalue weighted by molar-refractivity contribution is -0.123. The molecule has 1 amide bonds. The molecule has 6 heteroatoms. The van der Waals surface area contributed by atoms with Gasteiger partial charge in [0.1, 0.15) is 17.3 Å². The van der Waals surface area contributed by atoms with Gasteiger partial charge in [-0.3, -0.25) is 4.79 Å². The van der Waals surface area contributed by atoms with Gasteiger partial charge in [0.05, 0.1) is 12.8 Å². The first-order valence-electron chi connectivity index (χ1n) is 10.1. The van der Waals surface area contributed by atoms with E-state index in [0.717, 1.165) is 24.3 Å². The van der Waals surface area contributed by atoms with Crippen molar-refractivity contribution in [3.05, 3.63) is 59.9 Å². The topological polar surface area (TPSA) is 59.9 Å². The molecule has 2 aromatic rings. The van der Waals surface area contributed by atoms with E-state index >= 15 is 0 Å². The molecule has 0 bridgehead atoms. The predicted molar refractivity (Wildman–Crippen MR) is 113 cm³/mol. The van der Waals surface area contributed by atoms with Gasteiger partial charge in [-0.1, -0.05) is 39.0 Å². The van der Waals surface area contributed by atoms with Crippen molar-refractivity contribution in [2.24, 2.45) is 5.10 Å². The lowest BCUT2D eigenvalue weighted by Crippen LogP contribution is -2.24. The van der Waals surface area contributed by atoms with Crippen LogP contribution in [0, 0.1) is 5.82 Å². The fourth-order valence-electron chi connectivity index (χ4n) is 2.61. The summed E-state index contributed by atoms with van der Waals surface area (Å²) in [5, 5.41) is 3.90. The van der Waals surface area contributed by atoms with Crippen molar-refractivity contribution in [2.45, 2.75) is 45.4 Å². The van der Waals surface area contributed by atoms with Crippen LogP contribution in [0.15, 0.2) is 53.6 Å². The Morgan fingerprint density at radius 3 is 2.28 bits per heavy atom. The van der Waals surface area contributed by atoms with Gasteiger partial charge in [0.25, 0.3) is 5.91 Å². The molecule has 0 unspecified atom stereocenters. The van der Waals surface area contributed by atoms with E-state index in [1.165, 1.54) is 56.4 Å². The molecule has 0 fully saturated rings. The molecule has 1 N–H and O–H groups in total. The maximum absolute atomic E-state index is 12.8. The number of unbranched alkanes of at least 4 members (excludes halogenated alkanes) is 5. The summed E-state index contributed by atoms with van der Waals surface area (Å²) in [6, 6.07) is 13.0. The molecule has 0 radical (unpaired) electrons. The van der Waals surface area contributed by atoms with Crippen LogP contribution in [0.3, 0.4) is 0 Å². The number of hydrogen-bond donors (Lipinski definition) is 1. The Morgan fingerprint density at radius 1 is 0.931 bits per heavy atom. The van der Waals surface area contributed by atoms with Gasteiger partial charge in [-0.15, -0.1) is 0 Å². The highest BCUT2D eigenvalue weighted by Gasteiger charge is 2.01. The van der Waals surface area contributed by atoms with Crippen molar-refractivity contribution < 1.29 is 18.7 Å². The number of carbonyl (C=O) groups excluding carboxylic acids is 1. The number of nitrogens with one attached hydrogen (secondary N) is 1.